The minimum absolute atomic E-state index is 0.0861. The quantitative estimate of drug-likeness (QED) is 0.807. The standard InChI is InChI=1S/C14H16N2O3/c1-9-13(17)15-4-5-16(9)14(18)10-2-3-11-7-19-8-12(11)6-10/h2-3,6,9H,4-5,7-8H2,1H3,(H,15,17). The number of hydrogen-bond acceptors (Lipinski definition) is 3. The Kier molecular flexibility index (Phi) is 2.98. The van der Waals surface area contributed by atoms with Crippen molar-refractivity contribution in [3.63, 3.8) is 0 Å². The molecule has 0 spiro atoms. The second-order valence-corrected chi connectivity index (χ2v) is 4.94. The van der Waals surface area contributed by atoms with Gasteiger partial charge < -0.3 is 15.0 Å². The topological polar surface area (TPSA) is 58.6 Å². The SMILES string of the molecule is CC1C(=O)NCCN1C(=O)c1ccc2c(c1)COC2. The van der Waals surface area contributed by atoms with Crippen LogP contribution in [0.3, 0.4) is 0 Å². The van der Waals surface area contributed by atoms with E-state index < -0.39 is 6.04 Å². The average Bonchev–Trinajstić information content (AvgIpc) is 2.88. The summed E-state index contributed by atoms with van der Waals surface area (Å²) in [5.41, 5.74) is 2.84. The van der Waals surface area contributed by atoms with Gasteiger partial charge in [0.1, 0.15) is 6.04 Å². The number of carbonyl (C=O) groups excluding carboxylic acids is 2. The molecular weight excluding hydrogens is 244 g/mol. The van der Waals surface area contributed by atoms with Gasteiger partial charge in [0, 0.05) is 18.7 Å². The van der Waals surface area contributed by atoms with E-state index >= 15 is 0 Å². The monoisotopic (exact) mass is 260 g/mol. The van der Waals surface area contributed by atoms with Crippen LogP contribution < -0.4 is 5.32 Å². The van der Waals surface area contributed by atoms with Crippen molar-refractivity contribution in [1.29, 1.82) is 0 Å². The van der Waals surface area contributed by atoms with Crippen molar-refractivity contribution < 1.29 is 14.3 Å². The molecule has 0 saturated carbocycles. The van der Waals surface area contributed by atoms with Crippen molar-refractivity contribution in [3.05, 3.63) is 34.9 Å². The molecule has 2 aliphatic rings. The molecule has 1 unspecified atom stereocenters. The molecule has 0 bridgehead atoms. The molecule has 1 aromatic rings. The van der Waals surface area contributed by atoms with Gasteiger partial charge in [-0.1, -0.05) is 6.07 Å². The van der Waals surface area contributed by atoms with E-state index in [-0.39, 0.29) is 11.8 Å². The van der Waals surface area contributed by atoms with E-state index in [1.807, 2.05) is 18.2 Å². The highest BCUT2D eigenvalue weighted by atomic mass is 16.5. The zero-order valence-electron chi connectivity index (χ0n) is 10.8. The van der Waals surface area contributed by atoms with Crippen LogP contribution in [0.5, 0.6) is 0 Å². The molecule has 1 aromatic carbocycles. The molecule has 1 saturated heterocycles. The van der Waals surface area contributed by atoms with E-state index in [9.17, 15) is 9.59 Å². The van der Waals surface area contributed by atoms with Crippen LogP contribution in [0, 0.1) is 0 Å². The van der Waals surface area contributed by atoms with E-state index in [1.54, 1.807) is 11.8 Å². The Morgan fingerprint density at radius 1 is 1.37 bits per heavy atom. The average molecular weight is 260 g/mol. The molecule has 3 rings (SSSR count). The predicted molar refractivity (Wildman–Crippen MR) is 68.4 cm³/mol. The lowest BCUT2D eigenvalue weighted by Crippen LogP contribution is -2.55. The van der Waals surface area contributed by atoms with E-state index in [2.05, 4.69) is 5.32 Å². The highest BCUT2D eigenvalue weighted by Crippen LogP contribution is 2.22. The summed E-state index contributed by atoms with van der Waals surface area (Å²) in [7, 11) is 0. The fourth-order valence-electron chi connectivity index (χ4n) is 2.53. The van der Waals surface area contributed by atoms with Gasteiger partial charge in [-0.05, 0) is 30.2 Å². The Morgan fingerprint density at radius 2 is 2.16 bits per heavy atom. The highest BCUT2D eigenvalue weighted by molar-refractivity contribution is 5.98. The third-order valence-corrected chi connectivity index (χ3v) is 3.73. The van der Waals surface area contributed by atoms with E-state index in [4.69, 9.17) is 4.74 Å². The molecular formula is C14H16N2O3. The van der Waals surface area contributed by atoms with Gasteiger partial charge in [-0.2, -0.15) is 0 Å². The molecule has 0 aliphatic carbocycles. The van der Waals surface area contributed by atoms with Gasteiger partial charge in [0.25, 0.3) is 5.91 Å². The summed E-state index contributed by atoms with van der Waals surface area (Å²) < 4.78 is 5.34. The van der Waals surface area contributed by atoms with Crippen LogP contribution >= 0.6 is 0 Å². The van der Waals surface area contributed by atoms with E-state index in [0.717, 1.165) is 11.1 Å². The smallest absolute Gasteiger partial charge is 0.254 e. The third-order valence-electron chi connectivity index (χ3n) is 3.73. The molecule has 0 aromatic heterocycles. The number of carbonyl (C=O) groups is 2. The van der Waals surface area contributed by atoms with Gasteiger partial charge >= 0.3 is 0 Å². The number of amides is 2. The number of rotatable bonds is 1. The largest absolute Gasteiger partial charge is 0.372 e. The van der Waals surface area contributed by atoms with Crippen molar-refractivity contribution in [1.82, 2.24) is 10.2 Å². The maximum atomic E-state index is 12.5. The summed E-state index contributed by atoms with van der Waals surface area (Å²) in [6.45, 7) is 4.00. The fourth-order valence-corrected chi connectivity index (χ4v) is 2.53. The molecule has 19 heavy (non-hydrogen) atoms. The van der Waals surface area contributed by atoms with Gasteiger partial charge in [0.15, 0.2) is 0 Å². The van der Waals surface area contributed by atoms with Crippen LogP contribution in [0.1, 0.15) is 28.4 Å². The summed E-state index contributed by atoms with van der Waals surface area (Å²) in [5.74, 6) is -0.179. The molecule has 5 nitrogen and oxygen atoms in total. The predicted octanol–water partition coefficient (Wildman–Crippen LogP) is 0.677. The molecule has 2 heterocycles. The van der Waals surface area contributed by atoms with Crippen molar-refractivity contribution in [2.45, 2.75) is 26.2 Å². The highest BCUT2D eigenvalue weighted by Gasteiger charge is 2.30. The van der Waals surface area contributed by atoms with Crippen LogP contribution in [0.15, 0.2) is 18.2 Å². The Morgan fingerprint density at radius 3 is 3.00 bits per heavy atom. The normalized spacial score (nSPS) is 22.1. The fraction of sp³-hybridized carbons (Fsp3) is 0.429. The second-order valence-electron chi connectivity index (χ2n) is 4.94. The van der Waals surface area contributed by atoms with Crippen LogP contribution in [0.25, 0.3) is 0 Å². The van der Waals surface area contributed by atoms with Gasteiger partial charge in [0.2, 0.25) is 5.91 Å². The Hall–Kier alpha value is -1.88. The maximum Gasteiger partial charge on any atom is 0.254 e. The Labute approximate surface area is 111 Å². The van der Waals surface area contributed by atoms with Crippen LogP contribution in [0.2, 0.25) is 0 Å². The zero-order chi connectivity index (χ0) is 13.4. The summed E-state index contributed by atoms with van der Waals surface area (Å²) in [4.78, 5) is 25.7. The number of benzene rings is 1. The Bertz CT molecular complexity index is 541. The molecule has 100 valence electrons. The van der Waals surface area contributed by atoms with Crippen LogP contribution in [0.4, 0.5) is 0 Å². The molecule has 2 amide bonds. The summed E-state index contributed by atoms with van der Waals surface area (Å²) in [6, 6.07) is 5.22. The second kappa shape index (κ2) is 4.66. The zero-order valence-corrected chi connectivity index (χ0v) is 10.8. The molecule has 1 atom stereocenters. The number of nitrogens with one attached hydrogen (secondary N) is 1. The minimum atomic E-state index is -0.411. The van der Waals surface area contributed by atoms with E-state index in [1.165, 1.54) is 0 Å². The molecule has 2 aliphatic heterocycles. The summed E-state index contributed by atoms with van der Waals surface area (Å²) in [6.07, 6.45) is 0. The molecule has 1 fully saturated rings. The van der Waals surface area contributed by atoms with Crippen LogP contribution in [-0.2, 0) is 22.7 Å². The number of fused-ring (bicyclic) bond motifs is 1. The van der Waals surface area contributed by atoms with Gasteiger partial charge in [-0.3, -0.25) is 9.59 Å². The van der Waals surface area contributed by atoms with Crippen molar-refractivity contribution >= 4 is 11.8 Å². The third kappa shape index (κ3) is 2.10. The van der Waals surface area contributed by atoms with Gasteiger partial charge in [0.05, 0.1) is 13.2 Å². The van der Waals surface area contributed by atoms with Gasteiger partial charge in [-0.15, -0.1) is 0 Å². The minimum Gasteiger partial charge on any atom is -0.372 e. The first-order valence-corrected chi connectivity index (χ1v) is 6.45. The number of nitrogens with zero attached hydrogens (tertiary/aromatic N) is 1. The number of hydrogen-bond donors (Lipinski definition) is 1. The first kappa shape index (κ1) is 12.2. The summed E-state index contributed by atoms with van der Waals surface area (Å²) >= 11 is 0. The number of piperazine rings is 1. The van der Waals surface area contributed by atoms with Crippen molar-refractivity contribution in [2.75, 3.05) is 13.1 Å². The number of ether oxygens (including phenoxy) is 1. The van der Waals surface area contributed by atoms with Crippen molar-refractivity contribution in [2.24, 2.45) is 0 Å². The maximum absolute atomic E-state index is 12.5. The van der Waals surface area contributed by atoms with Crippen molar-refractivity contribution in [3.8, 4) is 0 Å². The summed E-state index contributed by atoms with van der Waals surface area (Å²) in [5, 5.41) is 2.76. The first-order chi connectivity index (χ1) is 9.16. The van der Waals surface area contributed by atoms with Crippen LogP contribution in [-0.4, -0.2) is 35.8 Å². The lowest BCUT2D eigenvalue weighted by molar-refractivity contribution is -0.127. The molecule has 0 radical (unpaired) electrons. The molecule has 5 heteroatoms. The van der Waals surface area contributed by atoms with E-state index in [0.29, 0.717) is 31.9 Å². The molecule has 1 N–H and O–H groups in total. The first-order valence-electron chi connectivity index (χ1n) is 6.45. The lowest BCUT2D eigenvalue weighted by atomic mass is 10.0. The Balaban J connectivity index is 1.85. The lowest BCUT2D eigenvalue weighted by Gasteiger charge is -2.32. The van der Waals surface area contributed by atoms with Gasteiger partial charge in [-0.25, -0.2) is 0 Å².